The molecule has 5 rings (SSSR count). The zero-order chi connectivity index (χ0) is 24.6. The summed E-state index contributed by atoms with van der Waals surface area (Å²) < 4.78 is 37.8. The van der Waals surface area contributed by atoms with E-state index >= 15 is 0 Å². The third-order valence-corrected chi connectivity index (χ3v) is 6.85. The Morgan fingerprint density at radius 2 is 1.83 bits per heavy atom. The minimum Gasteiger partial charge on any atom is -0.477 e. The summed E-state index contributed by atoms with van der Waals surface area (Å²) in [6.07, 6.45) is 3.09. The first kappa shape index (κ1) is 23.5. The average molecular weight is 490 g/mol. The Labute approximate surface area is 200 Å². The van der Waals surface area contributed by atoms with Crippen LogP contribution in [0.5, 0.6) is 0 Å². The lowest BCUT2D eigenvalue weighted by atomic mass is 9.85. The molecule has 9 nitrogen and oxygen atoms in total. The lowest BCUT2D eigenvalue weighted by Gasteiger charge is -2.36. The Bertz CT molecular complexity index is 1110. The molecule has 2 aromatic heterocycles. The van der Waals surface area contributed by atoms with E-state index in [0.717, 1.165) is 31.4 Å². The SMILES string of the molecule is O=C(O)C1=Nc2cnc(Nc3ccc(N4CCN(CC(F)(F)F)CC4)cn3)nc2C1C1CCCC1. The normalized spacial score (nSPS) is 21.2. The number of pyridine rings is 1. The fraction of sp³-hybridized carbons (Fsp3) is 0.522. The lowest BCUT2D eigenvalue weighted by molar-refractivity contribution is -0.146. The summed E-state index contributed by atoms with van der Waals surface area (Å²) in [6, 6.07) is 3.62. The third kappa shape index (κ3) is 5.21. The molecule has 0 amide bonds. The molecule has 35 heavy (non-hydrogen) atoms. The van der Waals surface area contributed by atoms with Crippen molar-refractivity contribution in [3.8, 4) is 0 Å². The van der Waals surface area contributed by atoms with Gasteiger partial charge in [-0.2, -0.15) is 13.2 Å². The summed E-state index contributed by atoms with van der Waals surface area (Å²) in [4.78, 5) is 32.8. The molecule has 2 N–H and O–H groups in total. The second kappa shape index (κ2) is 9.40. The standard InChI is InChI=1S/C23H26F3N7O2/c24-23(25,26)13-32-7-9-33(10-8-32)15-5-6-17(27-11-15)30-22-28-12-16-19(31-22)18(14-3-1-2-4-14)20(29-16)21(34)35/h5-6,11-12,14,18H,1-4,7-10,13H2,(H,34,35)(H,27,28,30,31). The van der Waals surface area contributed by atoms with Gasteiger partial charge in [0.1, 0.15) is 17.2 Å². The Morgan fingerprint density at radius 1 is 1.09 bits per heavy atom. The van der Waals surface area contributed by atoms with Crippen LogP contribution < -0.4 is 10.2 Å². The number of piperazine rings is 1. The number of hydrogen-bond acceptors (Lipinski definition) is 8. The zero-order valence-electron chi connectivity index (χ0n) is 19.0. The van der Waals surface area contributed by atoms with Gasteiger partial charge in [-0.25, -0.2) is 24.7 Å². The summed E-state index contributed by atoms with van der Waals surface area (Å²) in [7, 11) is 0. The monoisotopic (exact) mass is 489 g/mol. The van der Waals surface area contributed by atoms with E-state index in [9.17, 15) is 23.1 Å². The molecule has 1 saturated carbocycles. The second-order valence-corrected chi connectivity index (χ2v) is 9.19. The van der Waals surface area contributed by atoms with Crippen LogP contribution in [0.1, 0.15) is 37.3 Å². The lowest BCUT2D eigenvalue weighted by Crippen LogP contribution is -2.49. The minimum absolute atomic E-state index is 0.135. The summed E-state index contributed by atoms with van der Waals surface area (Å²) in [5.74, 6) is -0.317. The van der Waals surface area contributed by atoms with Crippen LogP contribution in [-0.4, -0.2) is 75.5 Å². The molecule has 0 radical (unpaired) electrons. The molecular weight excluding hydrogens is 463 g/mol. The summed E-state index contributed by atoms with van der Waals surface area (Å²) in [5, 5.41) is 12.7. The molecule has 0 spiro atoms. The number of carbonyl (C=O) groups is 1. The van der Waals surface area contributed by atoms with Crippen molar-refractivity contribution in [3.05, 3.63) is 30.2 Å². The first-order valence-electron chi connectivity index (χ1n) is 11.7. The topological polar surface area (TPSA) is 107 Å². The number of hydrogen-bond donors (Lipinski definition) is 2. The van der Waals surface area contributed by atoms with Gasteiger partial charge in [0, 0.05) is 26.2 Å². The molecule has 3 aliphatic rings. The van der Waals surface area contributed by atoms with E-state index in [2.05, 4.69) is 25.3 Å². The van der Waals surface area contributed by atoms with Gasteiger partial charge in [0.15, 0.2) is 0 Å². The molecule has 1 saturated heterocycles. The molecule has 0 bridgehead atoms. The number of rotatable bonds is 6. The van der Waals surface area contributed by atoms with Crippen molar-refractivity contribution < 1.29 is 23.1 Å². The fourth-order valence-corrected chi connectivity index (χ4v) is 5.19. The first-order chi connectivity index (χ1) is 16.8. The Kier molecular flexibility index (Phi) is 6.30. The molecule has 2 aliphatic heterocycles. The van der Waals surface area contributed by atoms with Crippen molar-refractivity contribution in [2.45, 2.75) is 37.8 Å². The van der Waals surface area contributed by atoms with E-state index in [1.165, 1.54) is 11.1 Å². The number of nitrogens with one attached hydrogen (secondary N) is 1. The van der Waals surface area contributed by atoms with Crippen molar-refractivity contribution >= 4 is 34.8 Å². The highest BCUT2D eigenvalue weighted by Crippen LogP contribution is 2.45. The van der Waals surface area contributed by atoms with Crippen molar-refractivity contribution in [2.75, 3.05) is 42.9 Å². The van der Waals surface area contributed by atoms with Gasteiger partial charge in [-0.05, 0) is 30.9 Å². The van der Waals surface area contributed by atoms with Crippen LogP contribution in [0, 0.1) is 5.92 Å². The minimum atomic E-state index is -4.19. The number of nitrogens with zero attached hydrogens (tertiary/aromatic N) is 6. The number of alkyl halides is 3. The first-order valence-corrected chi connectivity index (χ1v) is 11.7. The number of carboxylic acid groups (broad SMARTS) is 1. The van der Waals surface area contributed by atoms with Gasteiger partial charge >= 0.3 is 12.1 Å². The number of aliphatic imine (C=N–C) groups is 1. The van der Waals surface area contributed by atoms with Crippen molar-refractivity contribution in [1.82, 2.24) is 19.9 Å². The number of anilines is 3. The van der Waals surface area contributed by atoms with Crippen molar-refractivity contribution in [2.24, 2.45) is 10.9 Å². The van der Waals surface area contributed by atoms with Gasteiger partial charge < -0.3 is 15.3 Å². The Morgan fingerprint density at radius 3 is 2.46 bits per heavy atom. The van der Waals surface area contributed by atoms with Gasteiger partial charge in [-0.1, -0.05) is 12.8 Å². The summed E-state index contributed by atoms with van der Waals surface area (Å²) >= 11 is 0. The Balaban J connectivity index is 1.25. The average Bonchev–Trinajstić information content (AvgIpc) is 3.46. The van der Waals surface area contributed by atoms with Crippen LogP contribution in [0.25, 0.3) is 0 Å². The van der Waals surface area contributed by atoms with E-state index in [-0.39, 0.29) is 17.5 Å². The second-order valence-electron chi connectivity index (χ2n) is 9.19. The maximum absolute atomic E-state index is 12.6. The van der Waals surface area contributed by atoms with E-state index < -0.39 is 18.7 Å². The van der Waals surface area contributed by atoms with E-state index in [1.807, 2.05) is 11.0 Å². The number of aliphatic carboxylic acids is 1. The van der Waals surface area contributed by atoms with Crippen LogP contribution in [0.15, 0.2) is 29.5 Å². The number of halogens is 3. The Hall–Kier alpha value is -3.28. The number of aromatic nitrogens is 3. The van der Waals surface area contributed by atoms with Gasteiger partial charge in [0.2, 0.25) is 5.95 Å². The number of carboxylic acids is 1. The predicted molar refractivity (Wildman–Crippen MR) is 124 cm³/mol. The van der Waals surface area contributed by atoms with Crippen molar-refractivity contribution in [3.63, 3.8) is 0 Å². The van der Waals surface area contributed by atoms with E-state index in [1.54, 1.807) is 12.3 Å². The highest BCUT2D eigenvalue weighted by molar-refractivity contribution is 6.39. The molecule has 12 heteroatoms. The highest BCUT2D eigenvalue weighted by Gasteiger charge is 2.40. The molecule has 0 aromatic carbocycles. The van der Waals surface area contributed by atoms with Gasteiger partial charge in [0.05, 0.1) is 36.2 Å². The fourth-order valence-electron chi connectivity index (χ4n) is 5.19. The molecule has 1 aliphatic carbocycles. The predicted octanol–water partition coefficient (Wildman–Crippen LogP) is 3.74. The van der Waals surface area contributed by atoms with Crippen LogP contribution in [-0.2, 0) is 4.79 Å². The molecular formula is C23H26F3N7O2. The van der Waals surface area contributed by atoms with Crippen molar-refractivity contribution in [1.29, 1.82) is 0 Å². The van der Waals surface area contributed by atoms with Crippen LogP contribution in [0.4, 0.5) is 36.3 Å². The molecule has 186 valence electrons. The van der Waals surface area contributed by atoms with E-state index in [0.29, 0.717) is 49.3 Å². The van der Waals surface area contributed by atoms with Gasteiger partial charge in [-0.3, -0.25) is 4.90 Å². The number of fused-ring (bicyclic) bond motifs is 1. The third-order valence-electron chi connectivity index (χ3n) is 6.85. The van der Waals surface area contributed by atoms with Crippen LogP contribution >= 0.6 is 0 Å². The van der Waals surface area contributed by atoms with Gasteiger partial charge in [-0.15, -0.1) is 0 Å². The highest BCUT2D eigenvalue weighted by atomic mass is 19.4. The maximum Gasteiger partial charge on any atom is 0.401 e. The molecule has 1 atom stereocenters. The molecule has 4 heterocycles. The largest absolute Gasteiger partial charge is 0.477 e. The smallest absolute Gasteiger partial charge is 0.401 e. The van der Waals surface area contributed by atoms with Crippen LogP contribution in [0.2, 0.25) is 0 Å². The summed E-state index contributed by atoms with van der Waals surface area (Å²) in [5.41, 5.74) is 2.10. The maximum atomic E-state index is 12.6. The summed E-state index contributed by atoms with van der Waals surface area (Å²) in [6.45, 7) is 0.777. The molecule has 2 aromatic rings. The zero-order valence-corrected chi connectivity index (χ0v) is 19.0. The van der Waals surface area contributed by atoms with Gasteiger partial charge in [0.25, 0.3) is 0 Å². The van der Waals surface area contributed by atoms with Crippen LogP contribution in [0.3, 0.4) is 0 Å². The molecule has 2 fully saturated rings. The quantitative estimate of drug-likeness (QED) is 0.632. The molecule has 1 unspecified atom stereocenters. The van der Waals surface area contributed by atoms with E-state index in [4.69, 9.17) is 0 Å².